The zero-order valence-electron chi connectivity index (χ0n) is 53.7. The van der Waals surface area contributed by atoms with Gasteiger partial charge >= 0.3 is 17.9 Å². The third kappa shape index (κ3) is 66.6. The van der Waals surface area contributed by atoms with Crippen LogP contribution in [-0.2, 0) is 28.6 Å². The van der Waals surface area contributed by atoms with E-state index in [0.29, 0.717) is 19.3 Å². The second kappa shape index (κ2) is 69.3. The van der Waals surface area contributed by atoms with Gasteiger partial charge in [0.15, 0.2) is 6.10 Å². The summed E-state index contributed by atoms with van der Waals surface area (Å²) >= 11 is 0. The molecule has 0 radical (unpaired) electrons. The maximum atomic E-state index is 13.0. The van der Waals surface area contributed by atoms with E-state index in [-0.39, 0.29) is 31.1 Å². The number of unbranched alkanes of at least 4 members (excludes halogenated alkanes) is 31. The molecule has 0 aromatic rings. The zero-order chi connectivity index (χ0) is 59.2. The van der Waals surface area contributed by atoms with Crippen molar-refractivity contribution in [2.24, 2.45) is 0 Å². The van der Waals surface area contributed by atoms with Gasteiger partial charge in [-0.2, -0.15) is 0 Å². The number of hydrogen-bond acceptors (Lipinski definition) is 6. The average Bonchev–Trinajstić information content (AvgIpc) is 3.47. The van der Waals surface area contributed by atoms with Gasteiger partial charge in [-0.3, -0.25) is 14.4 Å². The van der Waals surface area contributed by atoms with Gasteiger partial charge in [0.2, 0.25) is 0 Å². The topological polar surface area (TPSA) is 78.9 Å². The summed E-state index contributed by atoms with van der Waals surface area (Å²) in [4.78, 5) is 38.5. The lowest BCUT2D eigenvalue weighted by Crippen LogP contribution is -2.30. The molecule has 6 nitrogen and oxygen atoms in total. The first-order chi connectivity index (χ1) is 40.5. The van der Waals surface area contributed by atoms with E-state index in [1.54, 1.807) is 0 Å². The van der Waals surface area contributed by atoms with Crippen LogP contribution in [0, 0.1) is 0 Å². The minimum atomic E-state index is -0.800. The van der Waals surface area contributed by atoms with E-state index in [1.807, 2.05) is 0 Å². The number of carbonyl (C=O) groups is 3. The number of ether oxygens (including phenoxy) is 3. The van der Waals surface area contributed by atoms with Gasteiger partial charge < -0.3 is 14.2 Å². The van der Waals surface area contributed by atoms with E-state index >= 15 is 0 Å². The summed E-state index contributed by atoms with van der Waals surface area (Å²) < 4.78 is 17.0. The standard InChI is InChI=1S/C76H128O6/c1-4-7-10-13-16-19-22-25-28-31-33-35-37-38-39-41-42-45-48-51-54-57-60-63-66-69-75(78)81-72-73(71-80-74(77)68-65-62-59-56-53-50-47-44-30-27-24-21-18-15-12-9-6-3)82-76(79)70-67-64-61-58-55-52-49-46-43-40-36-34-32-29-26-23-20-17-14-11-8-5-2/h7,9-10,12,16,18-19,21,25,27-28,30,33,35,38-39,42,45,51,54,73H,4-6,8,11,13-15,17,20,22-24,26,29,31-32,34,36-37,40-41,43-44,46-50,52-53,55-72H2,1-3H3/b10-7-,12-9-,19-16-,21-18-,28-25-,30-27-,35-33-,39-38-,45-42-,54-51-. The Balaban J connectivity index is 4.44. The van der Waals surface area contributed by atoms with Crippen LogP contribution in [0.2, 0.25) is 0 Å². The molecule has 468 valence electrons. The SMILES string of the molecule is CC/C=C\C/C=C\C/C=C\C/C=C\C/C=C\C/C=C\C/C=C\CCCCCC(=O)OCC(COC(=O)CCCCCCCCC/C=C\C/C=C\C/C=C\CC)OC(=O)CCCCCCCCCCCCCCCCCCCCCCCC. The van der Waals surface area contributed by atoms with Crippen molar-refractivity contribution in [2.45, 2.75) is 329 Å². The van der Waals surface area contributed by atoms with E-state index in [0.717, 1.165) is 135 Å². The van der Waals surface area contributed by atoms with Crippen LogP contribution in [0.1, 0.15) is 323 Å². The molecule has 0 saturated carbocycles. The molecule has 0 fully saturated rings. The monoisotopic (exact) mass is 1140 g/mol. The molecule has 0 spiro atoms. The Bertz CT molecular complexity index is 1690. The van der Waals surface area contributed by atoms with Gasteiger partial charge in [0, 0.05) is 19.3 Å². The molecule has 0 aliphatic carbocycles. The summed E-state index contributed by atoms with van der Waals surface area (Å²) in [5.41, 5.74) is 0. The van der Waals surface area contributed by atoms with Crippen molar-refractivity contribution in [2.75, 3.05) is 13.2 Å². The van der Waals surface area contributed by atoms with E-state index in [1.165, 1.54) is 148 Å². The Labute approximate surface area is 507 Å². The van der Waals surface area contributed by atoms with Crippen LogP contribution in [0.15, 0.2) is 122 Å². The van der Waals surface area contributed by atoms with Gasteiger partial charge in [0.1, 0.15) is 13.2 Å². The van der Waals surface area contributed by atoms with Crippen molar-refractivity contribution in [1.82, 2.24) is 0 Å². The van der Waals surface area contributed by atoms with Crippen molar-refractivity contribution in [3.8, 4) is 0 Å². The quantitative estimate of drug-likeness (QED) is 0.0261. The van der Waals surface area contributed by atoms with E-state index in [9.17, 15) is 14.4 Å². The van der Waals surface area contributed by atoms with Crippen molar-refractivity contribution in [3.05, 3.63) is 122 Å². The van der Waals surface area contributed by atoms with Gasteiger partial charge in [0.25, 0.3) is 0 Å². The van der Waals surface area contributed by atoms with Gasteiger partial charge in [-0.25, -0.2) is 0 Å². The van der Waals surface area contributed by atoms with E-state index < -0.39 is 6.10 Å². The fraction of sp³-hybridized carbons (Fsp3) is 0.697. The molecule has 82 heavy (non-hydrogen) atoms. The van der Waals surface area contributed by atoms with Crippen LogP contribution in [0.3, 0.4) is 0 Å². The number of esters is 3. The zero-order valence-corrected chi connectivity index (χ0v) is 53.7. The average molecular weight is 1140 g/mol. The Morgan fingerprint density at radius 1 is 0.256 bits per heavy atom. The van der Waals surface area contributed by atoms with Crippen LogP contribution >= 0.6 is 0 Å². The lowest BCUT2D eigenvalue weighted by Gasteiger charge is -2.18. The van der Waals surface area contributed by atoms with E-state index in [2.05, 4.69) is 142 Å². The highest BCUT2D eigenvalue weighted by molar-refractivity contribution is 5.71. The minimum absolute atomic E-state index is 0.0941. The minimum Gasteiger partial charge on any atom is -0.462 e. The largest absolute Gasteiger partial charge is 0.462 e. The van der Waals surface area contributed by atoms with Crippen LogP contribution in [0.4, 0.5) is 0 Å². The maximum Gasteiger partial charge on any atom is 0.306 e. The van der Waals surface area contributed by atoms with Crippen molar-refractivity contribution >= 4 is 17.9 Å². The third-order valence-electron chi connectivity index (χ3n) is 14.7. The number of rotatable bonds is 62. The highest BCUT2D eigenvalue weighted by atomic mass is 16.6. The molecule has 0 saturated heterocycles. The van der Waals surface area contributed by atoms with Crippen LogP contribution in [0.5, 0.6) is 0 Å². The molecule has 0 bridgehead atoms. The molecular formula is C76H128O6. The molecule has 0 aliphatic rings. The first kappa shape index (κ1) is 77.8. The van der Waals surface area contributed by atoms with Crippen LogP contribution in [0.25, 0.3) is 0 Å². The fourth-order valence-corrected chi connectivity index (χ4v) is 9.62. The van der Waals surface area contributed by atoms with Crippen molar-refractivity contribution in [1.29, 1.82) is 0 Å². The molecule has 1 atom stereocenters. The van der Waals surface area contributed by atoms with Gasteiger partial charge in [-0.1, -0.05) is 316 Å². The summed E-state index contributed by atoms with van der Waals surface area (Å²) in [6.07, 6.45) is 96.4. The van der Waals surface area contributed by atoms with Crippen LogP contribution < -0.4 is 0 Å². The first-order valence-electron chi connectivity index (χ1n) is 34.5. The summed E-state index contributed by atoms with van der Waals surface area (Å²) in [5, 5.41) is 0. The van der Waals surface area contributed by atoms with E-state index in [4.69, 9.17) is 14.2 Å². The Kier molecular flexibility index (Phi) is 65.8. The fourth-order valence-electron chi connectivity index (χ4n) is 9.62. The summed E-state index contributed by atoms with van der Waals surface area (Å²) in [6.45, 7) is 6.42. The Morgan fingerprint density at radius 2 is 0.476 bits per heavy atom. The summed E-state index contributed by atoms with van der Waals surface area (Å²) in [5.74, 6) is -0.925. The summed E-state index contributed by atoms with van der Waals surface area (Å²) in [6, 6.07) is 0. The second-order valence-electron chi connectivity index (χ2n) is 22.7. The number of hydrogen-bond donors (Lipinski definition) is 0. The molecular weight excluding hydrogens is 1010 g/mol. The van der Waals surface area contributed by atoms with Crippen molar-refractivity contribution < 1.29 is 28.6 Å². The molecule has 0 amide bonds. The molecule has 0 aromatic carbocycles. The van der Waals surface area contributed by atoms with Crippen LogP contribution in [-0.4, -0.2) is 37.2 Å². The normalized spacial score (nSPS) is 12.9. The smallest absolute Gasteiger partial charge is 0.306 e. The molecule has 0 N–H and O–H groups in total. The maximum absolute atomic E-state index is 13.0. The highest BCUT2D eigenvalue weighted by Gasteiger charge is 2.19. The van der Waals surface area contributed by atoms with Crippen molar-refractivity contribution in [3.63, 3.8) is 0 Å². The lowest BCUT2D eigenvalue weighted by molar-refractivity contribution is -0.167. The predicted molar refractivity (Wildman–Crippen MR) is 357 cm³/mol. The van der Waals surface area contributed by atoms with Gasteiger partial charge in [-0.15, -0.1) is 0 Å². The highest BCUT2D eigenvalue weighted by Crippen LogP contribution is 2.17. The Morgan fingerprint density at radius 3 is 0.756 bits per heavy atom. The molecule has 0 rings (SSSR count). The molecule has 0 heterocycles. The molecule has 6 heteroatoms. The second-order valence-corrected chi connectivity index (χ2v) is 22.7. The van der Waals surface area contributed by atoms with Gasteiger partial charge in [0.05, 0.1) is 0 Å². The predicted octanol–water partition coefficient (Wildman–Crippen LogP) is 23.9. The number of allylic oxidation sites excluding steroid dienone is 20. The summed E-state index contributed by atoms with van der Waals surface area (Å²) in [7, 11) is 0. The molecule has 0 aromatic heterocycles. The first-order valence-corrected chi connectivity index (χ1v) is 34.5. The van der Waals surface area contributed by atoms with Gasteiger partial charge in [-0.05, 0) is 109 Å². The Hall–Kier alpha value is -4.19. The number of carbonyl (C=O) groups excluding carboxylic acids is 3. The molecule has 0 aliphatic heterocycles. The molecule has 1 unspecified atom stereocenters. The lowest BCUT2D eigenvalue weighted by atomic mass is 10.0. The third-order valence-corrected chi connectivity index (χ3v) is 14.7.